The normalized spacial score (nSPS) is 12.4. The highest BCUT2D eigenvalue weighted by atomic mass is 79.9. The number of carboxylic acid groups (broad SMARTS) is 1. The van der Waals surface area contributed by atoms with Crippen molar-refractivity contribution in [3.05, 3.63) is 28.2 Å². The van der Waals surface area contributed by atoms with Gasteiger partial charge in [-0.25, -0.2) is 17.9 Å². The van der Waals surface area contributed by atoms with Crippen molar-refractivity contribution >= 4 is 31.9 Å². The number of hydrogen-bond donors (Lipinski definition) is 3. The molecule has 0 spiro atoms. The Kier molecular flexibility index (Phi) is 5.92. The highest BCUT2D eigenvalue weighted by Crippen LogP contribution is 2.26. The number of rotatable bonds is 7. The fourth-order valence-electron chi connectivity index (χ4n) is 1.83. The van der Waals surface area contributed by atoms with Gasteiger partial charge in [-0.15, -0.1) is 0 Å². The molecule has 1 rings (SSSR count). The van der Waals surface area contributed by atoms with Crippen LogP contribution in [0, 0.1) is 0 Å². The van der Waals surface area contributed by atoms with E-state index in [9.17, 15) is 18.3 Å². The van der Waals surface area contributed by atoms with Gasteiger partial charge in [0.25, 0.3) is 0 Å². The highest BCUT2D eigenvalue weighted by Gasteiger charge is 2.32. The Labute approximate surface area is 132 Å². The van der Waals surface area contributed by atoms with Crippen LogP contribution >= 0.6 is 15.9 Å². The minimum Gasteiger partial charge on any atom is -0.478 e. The first kappa shape index (κ1) is 18.1. The Morgan fingerprint density at radius 1 is 1.33 bits per heavy atom. The van der Waals surface area contributed by atoms with Crippen LogP contribution < -0.4 is 4.72 Å². The van der Waals surface area contributed by atoms with E-state index in [4.69, 9.17) is 5.11 Å². The van der Waals surface area contributed by atoms with Crippen molar-refractivity contribution < 1.29 is 23.4 Å². The van der Waals surface area contributed by atoms with E-state index in [-0.39, 0.29) is 21.5 Å². The van der Waals surface area contributed by atoms with E-state index in [1.54, 1.807) is 13.8 Å². The number of carbonyl (C=O) groups is 1. The summed E-state index contributed by atoms with van der Waals surface area (Å²) < 4.78 is 27.7. The number of benzene rings is 1. The van der Waals surface area contributed by atoms with Gasteiger partial charge in [-0.1, -0.05) is 13.8 Å². The average Bonchev–Trinajstić information content (AvgIpc) is 2.45. The Hall–Kier alpha value is -0.960. The molecule has 0 heterocycles. The van der Waals surface area contributed by atoms with Gasteiger partial charge in [-0.2, -0.15) is 0 Å². The van der Waals surface area contributed by atoms with Crippen molar-refractivity contribution in [2.75, 3.05) is 6.61 Å². The fourth-order valence-corrected chi connectivity index (χ4v) is 4.36. The Bertz CT molecular complexity index is 617. The summed E-state index contributed by atoms with van der Waals surface area (Å²) in [7, 11) is -3.96. The lowest BCUT2D eigenvalue weighted by atomic mass is 9.96. The average molecular weight is 380 g/mol. The van der Waals surface area contributed by atoms with Crippen LogP contribution in [0.3, 0.4) is 0 Å². The molecular formula is C13H18BrNO5S. The molecule has 0 saturated carbocycles. The zero-order chi connectivity index (χ0) is 16.3. The Morgan fingerprint density at radius 2 is 1.90 bits per heavy atom. The molecule has 0 radical (unpaired) electrons. The van der Waals surface area contributed by atoms with Gasteiger partial charge in [-0.05, 0) is 47.0 Å². The SMILES string of the molecule is CCC(CC)(CO)NS(=O)(=O)c1cc(C(=O)O)ccc1Br. The zero-order valence-corrected chi connectivity index (χ0v) is 14.2. The largest absolute Gasteiger partial charge is 0.478 e. The standard InChI is InChI=1S/C13H18BrNO5S/c1-3-13(4-2,8-16)15-21(19,20)11-7-9(12(17)18)5-6-10(11)14/h5-7,15-16H,3-4,8H2,1-2H3,(H,17,18). The maximum atomic E-state index is 12.5. The number of halogens is 1. The van der Waals surface area contributed by atoms with Gasteiger partial charge in [0.05, 0.1) is 22.6 Å². The number of aliphatic hydroxyl groups is 1. The molecule has 8 heteroatoms. The zero-order valence-electron chi connectivity index (χ0n) is 11.8. The summed E-state index contributed by atoms with van der Waals surface area (Å²) in [5.74, 6) is -1.21. The van der Waals surface area contributed by atoms with E-state index >= 15 is 0 Å². The maximum absolute atomic E-state index is 12.5. The van der Waals surface area contributed by atoms with Gasteiger partial charge in [0.1, 0.15) is 0 Å². The first-order valence-electron chi connectivity index (χ1n) is 6.39. The molecule has 1 aromatic rings. The van der Waals surface area contributed by atoms with Crippen molar-refractivity contribution in [2.45, 2.75) is 37.1 Å². The summed E-state index contributed by atoms with van der Waals surface area (Å²) >= 11 is 3.11. The molecule has 3 N–H and O–H groups in total. The van der Waals surface area contributed by atoms with Crippen molar-refractivity contribution in [1.82, 2.24) is 4.72 Å². The summed E-state index contributed by atoms with van der Waals surface area (Å²) in [6.07, 6.45) is 0.824. The van der Waals surface area contributed by atoms with Crippen LogP contribution in [-0.2, 0) is 10.0 Å². The summed E-state index contributed by atoms with van der Waals surface area (Å²) in [5, 5.41) is 18.4. The molecule has 0 saturated heterocycles. The third-order valence-corrected chi connectivity index (χ3v) is 6.05. The van der Waals surface area contributed by atoms with Crippen LogP contribution in [-0.4, -0.2) is 36.7 Å². The molecule has 118 valence electrons. The lowest BCUT2D eigenvalue weighted by Gasteiger charge is -2.30. The second-order valence-corrected chi connectivity index (χ2v) is 7.21. The Balaban J connectivity index is 3.31. The van der Waals surface area contributed by atoms with Gasteiger partial charge < -0.3 is 10.2 Å². The van der Waals surface area contributed by atoms with Crippen molar-refractivity contribution in [3.8, 4) is 0 Å². The van der Waals surface area contributed by atoms with Crippen molar-refractivity contribution in [3.63, 3.8) is 0 Å². The highest BCUT2D eigenvalue weighted by molar-refractivity contribution is 9.10. The van der Waals surface area contributed by atoms with E-state index < -0.39 is 21.5 Å². The quantitative estimate of drug-likeness (QED) is 0.671. The van der Waals surface area contributed by atoms with Gasteiger partial charge in [0.2, 0.25) is 10.0 Å². The second kappa shape index (κ2) is 6.87. The van der Waals surface area contributed by atoms with E-state index in [1.807, 2.05) is 0 Å². The number of sulfonamides is 1. The maximum Gasteiger partial charge on any atom is 0.335 e. The molecule has 1 aromatic carbocycles. The molecule has 0 amide bonds. The number of nitrogens with one attached hydrogen (secondary N) is 1. The predicted molar refractivity (Wildman–Crippen MR) is 81.8 cm³/mol. The second-order valence-electron chi connectivity index (χ2n) is 4.70. The number of aliphatic hydroxyl groups excluding tert-OH is 1. The molecule has 0 aromatic heterocycles. The molecule has 0 aliphatic carbocycles. The first-order chi connectivity index (χ1) is 9.71. The smallest absolute Gasteiger partial charge is 0.335 e. The van der Waals surface area contributed by atoms with Gasteiger partial charge in [0, 0.05) is 4.47 Å². The van der Waals surface area contributed by atoms with Crippen LogP contribution in [0.2, 0.25) is 0 Å². The van der Waals surface area contributed by atoms with Crippen LogP contribution in [0.5, 0.6) is 0 Å². The van der Waals surface area contributed by atoms with E-state index in [0.717, 1.165) is 6.07 Å². The summed E-state index contributed by atoms with van der Waals surface area (Å²) in [5.41, 5.74) is -1.08. The topological polar surface area (TPSA) is 104 Å². The first-order valence-corrected chi connectivity index (χ1v) is 8.66. The summed E-state index contributed by atoms with van der Waals surface area (Å²) in [6, 6.07) is 3.77. The third kappa shape index (κ3) is 4.03. The fraction of sp³-hybridized carbons (Fsp3) is 0.462. The third-order valence-electron chi connectivity index (χ3n) is 3.47. The van der Waals surface area contributed by atoms with Gasteiger partial charge in [0.15, 0.2) is 0 Å². The van der Waals surface area contributed by atoms with Crippen molar-refractivity contribution in [1.29, 1.82) is 0 Å². The van der Waals surface area contributed by atoms with E-state index in [1.165, 1.54) is 12.1 Å². The molecule has 0 aliphatic heterocycles. The predicted octanol–water partition coefficient (Wildman–Crippen LogP) is 1.98. The van der Waals surface area contributed by atoms with E-state index in [2.05, 4.69) is 20.7 Å². The molecule has 0 fully saturated rings. The number of hydrogen-bond acceptors (Lipinski definition) is 4. The molecule has 0 atom stereocenters. The summed E-state index contributed by atoms with van der Waals surface area (Å²) in [4.78, 5) is 10.8. The molecule has 0 bridgehead atoms. The number of carboxylic acids is 1. The van der Waals surface area contributed by atoms with Crippen molar-refractivity contribution in [2.24, 2.45) is 0 Å². The van der Waals surface area contributed by atoms with Crippen LogP contribution in [0.4, 0.5) is 0 Å². The molecule has 6 nitrogen and oxygen atoms in total. The van der Waals surface area contributed by atoms with Crippen LogP contribution in [0.1, 0.15) is 37.0 Å². The lowest BCUT2D eigenvalue weighted by molar-refractivity contribution is 0.0696. The molecule has 0 aliphatic rings. The minimum absolute atomic E-state index is 0.124. The lowest BCUT2D eigenvalue weighted by Crippen LogP contribution is -2.50. The molecular weight excluding hydrogens is 362 g/mol. The monoisotopic (exact) mass is 379 g/mol. The van der Waals surface area contributed by atoms with E-state index in [0.29, 0.717) is 12.8 Å². The summed E-state index contributed by atoms with van der Waals surface area (Å²) in [6.45, 7) is 3.20. The number of aromatic carboxylic acids is 1. The van der Waals surface area contributed by atoms with Gasteiger partial charge >= 0.3 is 5.97 Å². The van der Waals surface area contributed by atoms with Crippen LogP contribution in [0.15, 0.2) is 27.6 Å². The molecule has 21 heavy (non-hydrogen) atoms. The molecule has 0 unspecified atom stereocenters. The minimum atomic E-state index is -3.96. The van der Waals surface area contributed by atoms with Crippen LogP contribution in [0.25, 0.3) is 0 Å². The van der Waals surface area contributed by atoms with Gasteiger partial charge in [-0.3, -0.25) is 0 Å². The Morgan fingerprint density at radius 3 is 2.33 bits per heavy atom.